The van der Waals surface area contributed by atoms with Gasteiger partial charge in [0.15, 0.2) is 0 Å². The summed E-state index contributed by atoms with van der Waals surface area (Å²) in [5, 5.41) is 14.4. The maximum atomic E-state index is 11.3. The first kappa shape index (κ1) is 28.4. The lowest BCUT2D eigenvalue weighted by Crippen LogP contribution is -2.43. The number of alkyl carbamates (subject to hydrolysis) is 1. The van der Waals surface area contributed by atoms with E-state index < -0.39 is 23.7 Å². The van der Waals surface area contributed by atoms with Crippen molar-refractivity contribution >= 4 is 12.1 Å². The zero-order chi connectivity index (χ0) is 23.0. The van der Waals surface area contributed by atoms with E-state index in [-0.39, 0.29) is 6.42 Å². The van der Waals surface area contributed by atoms with Crippen LogP contribution in [0.25, 0.3) is 0 Å². The molecule has 0 saturated heterocycles. The van der Waals surface area contributed by atoms with Crippen LogP contribution in [0.15, 0.2) is 12.2 Å². The minimum absolute atomic E-state index is 0.189. The molecule has 0 aliphatic heterocycles. The number of carboxylic acids is 1. The Morgan fingerprint density at radius 2 is 1.43 bits per heavy atom. The van der Waals surface area contributed by atoms with Crippen molar-refractivity contribution in [2.75, 3.05) is 7.05 Å². The summed E-state index contributed by atoms with van der Waals surface area (Å²) in [7, 11) is 2.07. The van der Waals surface area contributed by atoms with E-state index in [0.29, 0.717) is 5.57 Å². The molecule has 2 rings (SSSR count). The minimum atomic E-state index is -1.10. The average molecular weight is 427 g/mol. The Kier molecular flexibility index (Phi) is 15.3. The molecule has 0 aromatic heterocycles. The van der Waals surface area contributed by atoms with Gasteiger partial charge in [0, 0.05) is 6.04 Å². The zero-order valence-corrected chi connectivity index (χ0v) is 20.0. The lowest BCUT2D eigenvalue weighted by molar-refractivity contribution is -0.139. The number of ether oxygens (including phenoxy) is 1. The van der Waals surface area contributed by atoms with Crippen molar-refractivity contribution < 1.29 is 19.4 Å². The normalized spacial score (nSPS) is 17.9. The largest absolute Gasteiger partial charge is 0.480 e. The molecule has 2 saturated carbocycles. The van der Waals surface area contributed by atoms with Crippen LogP contribution in [-0.4, -0.2) is 41.9 Å². The van der Waals surface area contributed by atoms with Crippen LogP contribution in [0, 0.1) is 0 Å². The van der Waals surface area contributed by atoms with Gasteiger partial charge in [-0.05, 0) is 54.0 Å². The molecule has 0 aromatic rings. The van der Waals surface area contributed by atoms with E-state index in [9.17, 15) is 9.59 Å². The predicted molar refractivity (Wildman–Crippen MR) is 124 cm³/mol. The van der Waals surface area contributed by atoms with Gasteiger partial charge in [-0.3, -0.25) is 0 Å². The minimum Gasteiger partial charge on any atom is -0.480 e. The van der Waals surface area contributed by atoms with Crippen molar-refractivity contribution in [1.29, 1.82) is 0 Å². The molecule has 2 aliphatic rings. The molecule has 1 atom stereocenters. The van der Waals surface area contributed by atoms with Gasteiger partial charge in [0.05, 0.1) is 0 Å². The number of hydrogen-bond acceptors (Lipinski definition) is 4. The fourth-order valence-corrected chi connectivity index (χ4v) is 3.45. The van der Waals surface area contributed by atoms with Crippen molar-refractivity contribution in [3.05, 3.63) is 12.2 Å². The Morgan fingerprint density at radius 3 is 1.73 bits per heavy atom. The summed E-state index contributed by atoms with van der Waals surface area (Å²) in [4.78, 5) is 22.2. The topological polar surface area (TPSA) is 87.7 Å². The third-order valence-electron chi connectivity index (χ3n) is 5.06. The number of amides is 1. The first-order valence-corrected chi connectivity index (χ1v) is 11.6. The molecule has 30 heavy (non-hydrogen) atoms. The molecule has 0 radical (unpaired) electrons. The van der Waals surface area contributed by atoms with E-state index in [1.807, 2.05) is 0 Å². The van der Waals surface area contributed by atoms with Crippen molar-refractivity contribution in [2.45, 2.75) is 122 Å². The van der Waals surface area contributed by atoms with Crippen LogP contribution in [0.2, 0.25) is 0 Å². The summed E-state index contributed by atoms with van der Waals surface area (Å²) in [6, 6.07) is -0.156. The second-order valence-electron chi connectivity index (χ2n) is 9.44. The molecule has 1 amide bonds. The number of hydrogen-bond donors (Lipinski definition) is 3. The van der Waals surface area contributed by atoms with Gasteiger partial charge in [0.1, 0.15) is 11.6 Å². The molecule has 2 fully saturated rings. The molecule has 2 aliphatic carbocycles. The van der Waals surface area contributed by atoms with Crippen LogP contribution >= 0.6 is 0 Å². The van der Waals surface area contributed by atoms with Crippen molar-refractivity contribution in [2.24, 2.45) is 0 Å². The highest BCUT2D eigenvalue weighted by Crippen LogP contribution is 2.16. The zero-order valence-electron chi connectivity index (χ0n) is 20.0. The van der Waals surface area contributed by atoms with Crippen LogP contribution in [0.3, 0.4) is 0 Å². The molecule has 0 heterocycles. The van der Waals surface area contributed by atoms with Crippen LogP contribution < -0.4 is 10.6 Å². The fourth-order valence-electron chi connectivity index (χ4n) is 3.45. The van der Waals surface area contributed by atoms with Crippen LogP contribution in [0.5, 0.6) is 0 Å². The molecule has 6 heteroatoms. The highest BCUT2D eigenvalue weighted by Gasteiger charge is 2.23. The molecule has 6 nitrogen and oxygen atoms in total. The van der Waals surface area contributed by atoms with Crippen molar-refractivity contribution in [3.63, 3.8) is 0 Å². The Morgan fingerprint density at radius 1 is 1.00 bits per heavy atom. The number of rotatable bonds is 5. The fraction of sp³-hybridized carbons (Fsp3) is 0.833. The second kappa shape index (κ2) is 16.2. The summed E-state index contributed by atoms with van der Waals surface area (Å²) in [6.07, 6.45) is 15.6. The van der Waals surface area contributed by atoms with Crippen molar-refractivity contribution in [1.82, 2.24) is 10.6 Å². The lowest BCUT2D eigenvalue weighted by atomic mass is 9.96. The van der Waals surface area contributed by atoms with E-state index in [2.05, 4.69) is 24.3 Å². The standard InChI is InChI=1S/C11H19NO4.C7H15N.C6H12/c1-7(2)6-8(9(13)14)12-10(15)16-11(3,4)5;1-8-7-5-3-2-4-6-7;1-2-4-6-5-3-1/h8H,1,6H2,2-5H3,(H,12,15)(H,13,14);7-8H,2-6H2,1H3;1-6H2/t8-;;/m0../s1. The smallest absolute Gasteiger partial charge is 0.408 e. The summed E-state index contributed by atoms with van der Waals surface area (Å²) in [5.74, 6) is -1.10. The van der Waals surface area contributed by atoms with Crippen LogP contribution in [0.4, 0.5) is 4.79 Å². The van der Waals surface area contributed by atoms with Gasteiger partial charge in [-0.25, -0.2) is 9.59 Å². The Bertz CT molecular complexity index is 478. The highest BCUT2D eigenvalue weighted by molar-refractivity contribution is 5.80. The summed E-state index contributed by atoms with van der Waals surface area (Å²) < 4.78 is 4.96. The van der Waals surface area contributed by atoms with Crippen molar-refractivity contribution in [3.8, 4) is 0 Å². The molecule has 0 bridgehead atoms. The summed E-state index contributed by atoms with van der Waals surface area (Å²) >= 11 is 0. The lowest BCUT2D eigenvalue weighted by Gasteiger charge is -2.22. The number of carboxylic acid groups (broad SMARTS) is 1. The van der Waals surface area contributed by atoms with E-state index in [0.717, 1.165) is 6.04 Å². The average Bonchev–Trinajstić information content (AvgIpc) is 2.68. The van der Waals surface area contributed by atoms with Gasteiger partial charge in [-0.1, -0.05) is 63.4 Å². The third-order valence-corrected chi connectivity index (χ3v) is 5.06. The van der Waals surface area contributed by atoms with Crippen LogP contribution in [0.1, 0.15) is 105 Å². The van der Waals surface area contributed by atoms with E-state index >= 15 is 0 Å². The molecular weight excluding hydrogens is 380 g/mol. The quantitative estimate of drug-likeness (QED) is 0.483. The van der Waals surface area contributed by atoms with Crippen LogP contribution in [-0.2, 0) is 9.53 Å². The molecule has 0 spiro atoms. The van der Waals surface area contributed by atoms with Gasteiger partial charge < -0.3 is 20.5 Å². The first-order valence-electron chi connectivity index (χ1n) is 11.6. The molecular formula is C24H46N2O4. The number of aliphatic carboxylic acids is 1. The molecule has 3 N–H and O–H groups in total. The summed E-state index contributed by atoms with van der Waals surface area (Å²) in [5.41, 5.74) is 0.0413. The maximum absolute atomic E-state index is 11.3. The maximum Gasteiger partial charge on any atom is 0.408 e. The Balaban J connectivity index is 0.000000489. The Hall–Kier alpha value is -1.56. The van der Waals surface area contributed by atoms with E-state index in [1.54, 1.807) is 27.7 Å². The van der Waals surface area contributed by atoms with Gasteiger partial charge in [0.25, 0.3) is 0 Å². The van der Waals surface area contributed by atoms with Gasteiger partial charge in [0.2, 0.25) is 0 Å². The highest BCUT2D eigenvalue weighted by atomic mass is 16.6. The SMILES string of the molecule is C1CCCCC1.C=C(C)C[C@H](NC(=O)OC(C)(C)C)C(=O)O.CNC1CCCCC1. The monoisotopic (exact) mass is 426 g/mol. The third kappa shape index (κ3) is 17.3. The Labute approximate surface area is 184 Å². The second-order valence-corrected chi connectivity index (χ2v) is 9.44. The number of carbonyl (C=O) groups is 2. The number of nitrogens with one attached hydrogen (secondary N) is 2. The first-order chi connectivity index (χ1) is 14.0. The molecule has 0 aromatic carbocycles. The predicted octanol–water partition coefficient (Wildman–Crippen LogP) is 5.81. The van der Waals surface area contributed by atoms with Gasteiger partial charge in [-0.2, -0.15) is 0 Å². The van der Waals surface area contributed by atoms with E-state index in [4.69, 9.17) is 9.84 Å². The van der Waals surface area contributed by atoms with Gasteiger partial charge >= 0.3 is 12.1 Å². The number of carbonyl (C=O) groups excluding carboxylic acids is 1. The van der Waals surface area contributed by atoms with Gasteiger partial charge in [-0.15, -0.1) is 6.58 Å². The van der Waals surface area contributed by atoms with E-state index in [1.165, 1.54) is 70.6 Å². The summed E-state index contributed by atoms with van der Waals surface area (Å²) in [6.45, 7) is 10.4. The molecule has 0 unspecified atom stereocenters. The molecule has 176 valence electrons.